The van der Waals surface area contributed by atoms with Crippen LogP contribution in [0.5, 0.6) is 0 Å². The molecule has 7 atom stereocenters. The van der Waals surface area contributed by atoms with Crippen LogP contribution in [0.25, 0.3) is 0 Å². The summed E-state index contributed by atoms with van der Waals surface area (Å²) in [5, 5.41) is 0. The molecule has 3 heterocycles. The summed E-state index contributed by atoms with van der Waals surface area (Å²) in [5.41, 5.74) is 0.292. The molecule has 1 unspecified atom stereocenters. The van der Waals surface area contributed by atoms with Crippen molar-refractivity contribution in [3.63, 3.8) is 0 Å². The molecule has 10 heteroatoms. The van der Waals surface area contributed by atoms with E-state index in [0.717, 1.165) is 18.4 Å². The van der Waals surface area contributed by atoms with Gasteiger partial charge in [-0.25, -0.2) is 0 Å². The predicted octanol–water partition coefficient (Wildman–Crippen LogP) is 9.48. The molecule has 1 aromatic rings. The van der Waals surface area contributed by atoms with Gasteiger partial charge in [0.25, 0.3) is 0 Å². The first kappa shape index (κ1) is 40.9. The normalized spacial score (nSPS) is 27.8. The second-order valence-corrected chi connectivity index (χ2v) is 29.0. The van der Waals surface area contributed by atoms with Crippen molar-refractivity contribution in [3.8, 4) is 0 Å². The SMILES string of the molecule is CCC[CH2][Sn]([CH2]/C=C\O[C@H]1CCCO[C@@H]1CC(OC(=O)CCl)O[C@@H]1C[C@@H]2O[C@H](c3ccccc3)OC[C@H]2OC1(C)C)([CH2]CCC)[CH2]CCC. The van der Waals surface area contributed by atoms with Gasteiger partial charge in [0.05, 0.1) is 6.61 Å². The molecule has 0 N–H and O–H groups in total. The van der Waals surface area contributed by atoms with Crippen molar-refractivity contribution in [2.75, 3.05) is 19.1 Å². The Labute approximate surface area is 305 Å². The Bertz CT molecular complexity index is 1100. The second kappa shape index (κ2) is 21.0. The summed E-state index contributed by atoms with van der Waals surface area (Å²) >= 11 is 3.60. The molecule has 3 fully saturated rings. The Morgan fingerprint density at radius 3 is 2.37 bits per heavy atom. The second-order valence-electron chi connectivity index (χ2n) is 14.8. The van der Waals surface area contributed by atoms with Gasteiger partial charge in [0.1, 0.15) is 6.10 Å². The maximum absolute atomic E-state index is 12.5. The topological polar surface area (TPSA) is 81.7 Å². The van der Waals surface area contributed by atoms with E-state index < -0.39 is 48.6 Å². The average molecular weight is 814 g/mol. The van der Waals surface area contributed by atoms with Crippen LogP contribution in [-0.2, 0) is 38.0 Å². The summed E-state index contributed by atoms with van der Waals surface area (Å²) in [6.07, 6.45) is 12.2. The van der Waals surface area contributed by atoms with E-state index in [4.69, 9.17) is 44.8 Å². The van der Waals surface area contributed by atoms with Crippen molar-refractivity contribution in [1.29, 1.82) is 0 Å². The summed E-state index contributed by atoms with van der Waals surface area (Å²) in [5.74, 6) is -0.793. The molecule has 3 saturated heterocycles. The van der Waals surface area contributed by atoms with Gasteiger partial charge in [-0.3, -0.25) is 0 Å². The van der Waals surface area contributed by atoms with Gasteiger partial charge in [0.15, 0.2) is 6.29 Å². The molecule has 0 aromatic heterocycles. The molecule has 49 heavy (non-hydrogen) atoms. The molecular weight excluding hydrogens is 751 g/mol. The number of ether oxygens (including phenoxy) is 7. The molecule has 3 aliphatic rings. The van der Waals surface area contributed by atoms with Gasteiger partial charge in [0.2, 0.25) is 0 Å². The Kier molecular flexibility index (Phi) is 17.5. The van der Waals surface area contributed by atoms with Crippen LogP contribution in [0.15, 0.2) is 42.7 Å². The molecule has 8 nitrogen and oxygen atoms in total. The van der Waals surface area contributed by atoms with E-state index in [1.807, 2.05) is 50.4 Å². The van der Waals surface area contributed by atoms with Crippen molar-refractivity contribution in [2.45, 2.75) is 165 Å². The number of hydrogen-bond donors (Lipinski definition) is 0. The molecular formula is C39H63ClO8Sn. The standard InChI is InChI=1S/C27H36ClO8.3C4H9.Sn/c1-4-12-30-19-11-8-13-31-20(19)15-25(35-24(29)16-28)34-23-14-21-22(36-27(23,2)3)17-32-26(33-21)18-9-6-5-7-10-18;3*1-3-4-2;/h4-7,9-10,12,19-23,25-26H,1,8,11,13-17H2,2-3H3;3*1,3-4H2,2H3;/b12-4-;;;;/t19-,20+,21-,22+,23+,25?,26+;;;;/m0..../s1. The van der Waals surface area contributed by atoms with Crippen molar-refractivity contribution >= 4 is 35.9 Å². The zero-order valence-electron chi connectivity index (χ0n) is 30.7. The van der Waals surface area contributed by atoms with Gasteiger partial charge < -0.3 is 9.47 Å². The first-order chi connectivity index (χ1) is 23.7. The van der Waals surface area contributed by atoms with Gasteiger partial charge >= 0.3 is 242 Å². The van der Waals surface area contributed by atoms with Crippen LogP contribution in [0.1, 0.15) is 111 Å². The molecule has 0 radical (unpaired) electrons. The third kappa shape index (κ3) is 12.6. The number of fused-ring (bicyclic) bond motifs is 1. The summed E-state index contributed by atoms with van der Waals surface area (Å²) < 4.78 is 49.7. The minimum atomic E-state index is -2.29. The van der Waals surface area contributed by atoms with Crippen molar-refractivity contribution < 1.29 is 38.0 Å². The number of allylic oxidation sites excluding steroid dienone is 1. The Morgan fingerprint density at radius 2 is 1.71 bits per heavy atom. The number of carbonyl (C=O) groups is 1. The van der Waals surface area contributed by atoms with Gasteiger partial charge in [-0.2, -0.15) is 0 Å². The van der Waals surface area contributed by atoms with Crippen molar-refractivity contribution in [2.24, 2.45) is 0 Å². The molecule has 1 aromatic carbocycles. The van der Waals surface area contributed by atoms with E-state index in [9.17, 15) is 4.79 Å². The van der Waals surface area contributed by atoms with Crippen LogP contribution >= 0.6 is 11.6 Å². The van der Waals surface area contributed by atoms with E-state index in [-0.39, 0.29) is 30.3 Å². The van der Waals surface area contributed by atoms with Crippen LogP contribution in [0.3, 0.4) is 0 Å². The number of carbonyl (C=O) groups excluding carboxylic acids is 1. The van der Waals surface area contributed by atoms with Gasteiger partial charge in [0, 0.05) is 5.56 Å². The van der Waals surface area contributed by atoms with Crippen LogP contribution in [0, 0.1) is 0 Å². The monoisotopic (exact) mass is 814 g/mol. The van der Waals surface area contributed by atoms with Crippen molar-refractivity contribution in [3.05, 3.63) is 48.2 Å². The third-order valence-corrected chi connectivity index (χ3v) is 25.9. The predicted molar refractivity (Wildman–Crippen MR) is 196 cm³/mol. The van der Waals surface area contributed by atoms with Gasteiger partial charge in [-0.1, -0.05) is 30.3 Å². The van der Waals surface area contributed by atoms with Gasteiger partial charge in [-0.05, 0) is 0 Å². The number of rotatable bonds is 20. The van der Waals surface area contributed by atoms with E-state index in [1.165, 1.54) is 56.3 Å². The van der Waals surface area contributed by atoms with Gasteiger partial charge in [-0.15, -0.1) is 0 Å². The number of halogens is 1. The quantitative estimate of drug-likeness (QED) is 0.0424. The third-order valence-electron chi connectivity index (χ3n) is 10.4. The number of esters is 1. The maximum atomic E-state index is 12.5. The van der Waals surface area contributed by atoms with Crippen LogP contribution in [0.2, 0.25) is 17.7 Å². The Balaban J connectivity index is 1.41. The molecule has 0 aliphatic carbocycles. The molecule has 3 aliphatic heterocycles. The molecule has 4 rings (SSSR count). The van der Waals surface area contributed by atoms with Crippen LogP contribution in [-0.4, -0.2) is 85.9 Å². The first-order valence-corrected chi connectivity index (χ1v) is 27.7. The Hall–Kier alpha value is -0.881. The average Bonchev–Trinajstić information content (AvgIpc) is 3.11. The first-order valence-electron chi connectivity index (χ1n) is 19.0. The van der Waals surface area contributed by atoms with Crippen LogP contribution < -0.4 is 0 Å². The van der Waals surface area contributed by atoms with E-state index in [1.54, 1.807) is 0 Å². The zero-order chi connectivity index (χ0) is 35.1. The molecule has 0 saturated carbocycles. The van der Waals surface area contributed by atoms with E-state index in [0.29, 0.717) is 26.1 Å². The molecule has 0 bridgehead atoms. The summed E-state index contributed by atoms with van der Waals surface area (Å²) in [6, 6.07) is 9.91. The number of unbranched alkanes of at least 4 members (excludes halogenated alkanes) is 3. The number of alkyl halides is 1. The van der Waals surface area contributed by atoms with Crippen LogP contribution in [0.4, 0.5) is 0 Å². The molecule has 278 valence electrons. The molecule has 0 spiro atoms. The fourth-order valence-electron chi connectivity index (χ4n) is 7.52. The van der Waals surface area contributed by atoms with E-state index in [2.05, 4.69) is 26.8 Å². The minimum absolute atomic E-state index is 0.150. The fourth-order valence-corrected chi connectivity index (χ4v) is 22.6. The van der Waals surface area contributed by atoms with E-state index >= 15 is 0 Å². The number of hydrogen-bond acceptors (Lipinski definition) is 8. The summed E-state index contributed by atoms with van der Waals surface area (Å²) in [6.45, 7) is 12.0. The summed E-state index contributed by atoms with van der Waals surface area (Å²) in [4.78, 5) is 12.5. The summed E-state index contributed by atoms with van der Waals surface area (Å²) in [7, 11) is 0. The number of benzene rings is 1. The zero-order valence-corrected chi connectivity index (χ0v) is 34.4. The Morgan fingerprint density at radius 1 is 1.02 bits per heavy atom. The fraction of sp³-hybridized carbons (Fsp3) is 0.769. The molecule has 0 amide bonds. The van der Waals surface area contributed by atoms with Crippen molar-refractivity contribution in [1.82, 2.24) is 0 Å².